The first-order valence-electron chi connectivity index (χ1n) is 7.83. The highest BCUT2D eigenvalue weighted by Gasteiger charge is 2.34. The monoisotopic (exact) mass is 407 g/mol. The Kier molecular flexibility index (Phi) is 6.46. The second-order valence-corrected chi connectivity index (χ2v) is 8.64. The van der Waals surface area contributed by atoms with Gasteiger partial charge in [0.25, 0.3) is 5.91 Å². The molecular formula is C16H19ClFNO6S. The molecule has 0 unspecified atom stereocenters. The van der Waals surface area contributed by atoms with Crippen molar-refractivity contribution >= 4 is 33.3 Å². The van der Waals surface area contributed by atoms with Gasteiger partial charge < -0.3 is 14.4 Å². The van der Waals surface area contributed by atoms with E-state index >= 15 is 0 Å². The molecule has 1 saturated heterocycles. The summed E-state index contributed by atoms with van der Waals surface area (Å²) in [6.45, 7) is 0.884. The van der Waals surface area contributed by atoms with Gasteiger partial charge in [-0.05, 0) is 31.5 Å². The van der Waals surface area contributed by atoms with E-state index in [1.807, 2.05) is 0 Å². The third-order valence-corrected chi connectivity index (χ3v) is 6.04. The minimum Gasteiger partial charge on any atom is -0.480 e. The molecule has 0 spiro atoms. The zero-order valence-electron chi connectivity index (χ0n) is 14.3. The van der Waals surface area contributed by atoms with Gasteiger partial charge in [-0.3, -0.25) is 4.79 Å². The number of nitrogens with zero attached hydrogens (tertiary/aromatic N) is 1. The van der Waals surface area contributed by atoms with E-state index in [9.17, 15) is 22.4 Å². The number of carbonyl (C=O) groups excluding carboxylic acids is 2. The summed E-state index contributed by atoms with van der Waals surface area (Å²) in [6, 6.07) is 3.01. The van der Waals surface area contributed by atoms with Crippen LogP contribution < -0.4 is 4.74 Å². The van der Waals surface area contributed by atoms with Gasteiger partial charge in [-0.2, -0.15) is 0 Å². The number of hydrogen-bond donors (Lipinski definition) is 0. The fourth-order valence-electron chi connectivity index (χ4n) is 2.56. The van der Waals surface area contributed by atoms with Gasteiger partial charge in [0, 0.05) is 13.1 Å². The molecule has 10 heteroatoms. The van der Waals surface area contributed by atoms with Crippen molar-refractivity contribution in [2.75, 3.05) is 25.2 Å². The van der Waals surface area contributed by atoms with Gasteiger partial charge in [-0.25, -0.2) is 17.6 Å². The van der Waals surface area contributed by atoms with E-state index in [2.05, 4.69) is 0 Å². The van der Waals surface area contributed by atoms with Crippen molar-refractivity contribution < 1.29 is 31.9 Å². The SMILES string of the molecule is C[C@H](OC(=O)COc1ccc(F)cc1Cl)C(=O)N(C)[C@@H]1CCS(=O)(=O)C1. The predicted octanol–water partition coefficient (Wildman–Crippen LogP) is 1.44. The Morgan fingerprint density at radius 2 is 2.12 bits per heavy atom. The molecule has 0 radical (unpaired) electrons. The van der Waals surface area contributed by atoms with Crippen molar-refractivity contribution in [3.8, 4) is 5.75 Å². The first kappa shape index (κ1) is 20.4. The highest BCUT2D eigenvalue weighted by atomic mass is 35.5. The molecule has 2 atom stereocenters. The Bertz CT molecular complexity index is 800. The summed E-state index contributed by atoms with van der Waals surface area (Å²) in [6.07, 6.45) is -0.736. The van der Waals surface area contributed by atoms with Crippen LogP contribution in [0.2, 0.25) is 5.02 Å². The van der Waals surface area contributed by atoms with Gasteiger partial charge in [-0.1, -0.05) is 11.6 Å². The fraction of sp³-hybridized carbons (Fsp3) is 0.500. The maximum Gasteiger partial charge on any atom is 0.344 e. The van der Waals surface area contributed by atoms with E-state index in [0.29, 0.717) is 6.42 Å². The van der Waals surface area contributed by atoms with Crippen LogP contribution >= 0.6 is 11.6 Å². The molecule has 0 saturated carbocycles. The van der Waals surface area contributed by atoms with Crippen molar-refractivity contribution in [1.29, 1.82) is 0 Å². The number of ether oxygens (including phenoxy) is 2. The molecule has 1 aromatic rings. The Morgan fingerprint density at radius 1 is 1.42 bits per heavy atom. The number of halogens is 2. The number of sulfone groups is 1. The lowest BCUT2D eigenvalue weighted by atomic mass is 10.2. The lowest BCUT2D eigenvalue weighted by Crippen LogP contribution is -2.44. The van der Waals surface area contributed by atoms with Crippen LogP contribution in [-0.2, 0) is 24.2 Å². The molecule has 1 aliphatic rings. The number of esters is 1. The number of likely N-dealkylation sites (N-methyl/N-ethyl adjacent to an activating group) is 1. The van der Waals surface area contributed by atoms with E-state index in [0.717, 1.165) is 12.1 Å². The second-order valence-electron chi connectivity index (χ2n) is 6.00. The van der Waals surface area contributed by atoms with Gasteiger partial charge in [0.2, 0.25) is 0 Å². The van der Waals surface area contributed by atoms with E-state index < -0.39 is 46.3 Å². The zero-order valence-corrected chi connectivity index (χ0v) is 15.8. The number of benzene rings is 1. The van der Waals surface area contributed by atoms with Gasteiger partial charge in [0.15, 0.2) is 22.5 Å². The van der Waals surface area contributed by atoms with Crippen LogP contribution in [0.1, 0.15) is 13.3 Å². The average Bonchev–Trinajstić information content (AvgIpc) is 2.92. The maximum absolute atomic E-state index is 12.9. The number of carbonyl (C=O) groups is 2. The van der Waals surface area contributed by atoms with Crippen molar-refractivity contribution in [2.45, 2.75) is 25.5 Å². The van der Waals surface area contributed by atoms with Crippen molar-refractivity contribution in [1.82, 2.24) is 4.90 Å². The maximum atomic E-state index is 12.9. The lowest BCUT2D eigenvalue weighted by Gasteiger charge is -2.26. The molecule has 1 amide bonds. The van der Waals surface area contributed by atoms with Crippen LogP contribution in [-0.4, -0.2) is 62.5 Å². The molecular weight excluding hydrogens is 389 g/mol. The molecule has 0 aromatic heterocycles. The molecule has 7 nitrogen and oxygen atoms in total. The quantitative estimate of drug-likeness (QED) is 0.663. The normalized spacial score (nSPS) is 19.6. The summed E-state index contributed by atoms with van der Waals surface area (Å²) in [5.41, 5.74) is 0. The average molecular weight is 408 g/mol. The summed E-state index contributed by atoms with van der Waals surface area (Å²) in [5.74, 6) is -1.80. The van der Waals surface area contributed by atoms with Gasteiger partial charge in [-0.15, -0.1) is 0 Å². The van der Waals surface area contributed by atoms with Gasteiger partial charge in [0.1, 0.15) is 11.6 Å². The Hall–Kier alpha value is -1.87. The third-order valence-electron chi connectivity index (χ3n) is 4.00. The Balaban J connectivity index is 1.85. The molecule has 26 heavy (non-hydrogen) atoms. The highest BCUT2D eigenvalue weighted by Crippen LogP contribution is 2.24. The minimum absolute atomic E-state index is 0.00380. The molecule has 0 N–H and O–H groups in total. The summed E-state index contributed by atoms with van der Waals surface area (Å²) in [5, 5.41) is 0.00380. The first-order valence-corrected chi connectivity index (χ1v) is 10.0. The molecule has 1 fully saturated rings. The molecule has 2 rings (SSSR count). The van der Waals surface area contributed by atoms with Crippen LogP contribution in [0.15, 0.2) is 18.2 Å². The van der Waals surface area contributed by atoms with Gasteiger partial charge in [0.05, 0.1) is 16.5 Å². The fourth-order valence-corrected chi connectivity index (χ4v) is 4.55. The molecule has 1 heterocycles. The number of hydrogen-bond acceptors (Lipinski definition) is 6. The topological polar surface area (TPSA) is 90.0 Å². The minimum atomic E-state index is -3.13. The van der Waals surface area contributed by atoms with E-state index in [1.54, 1.807) is 0 Å². The van der Waals surface area contributed by atoms with E-state index in [4.69, 9.17) is 21.1 Å². The van der Waals surface area contributed by atoms with Crippen LogP contribution in [0.4, 0.5) is 4.39 Å². The van der Waals surface area contributed by atoms with Crippen LogP contribution in [0.3, 0.4) is 0 Å². The molecule has 1 aliphatic heterocycles. The molecule has 144 valence electrons. The van der Waals surface area contributed by atoms with Crippen molar-refractivity contribution in [3.05, 3.63) is 29.0 Å². The largest absolute Gasteiger partial charge is 0.480 e. The third kappa shape index (κ3) is 5.31. The summed E-state index contributed by atoms with van der Waals surface area (Å²) < 4.78 is 46.1. The highest BCUT2D eigenvalue weighted by molar-refractivity contribution is 7.91. The molecule has 0 aliphatic carbocycles. The second kappa shape index (κ2) is 8.22. The molecule has 0 bridgehead atoms. The van der Waals surface area contributed by atoms with E-state index in [1.165, 1.54) is 24.9 Å². The van der Waals surface area contributed by atoms with Crippen LogP contribution in [0.25, 0.3) is 0 Å². The standard InChI is InChI=1S/C16H19ClFNO6S/c1-10(16(21)19(2)12-5-6-26(22,23)9-12)25-15(20)8-24-14-4-3-11(18)7-13(14)17/h3-4,7,10,12H,5-6,8-9H2,1-2H3/t10-,12+/m0/s1. The first-order chi connectivity index (χ1) is 12.1. The van der Waals surface area contributed by atoms with Crippen LogP contribution in [0, 0.1) is 5.82 Å². The summed E-state index contributed by atoms with van der Waals surface area (Å²) in [4.78, 5) is 25.4. The van der Waals surface area contributed by atoms with Crippen molar-refractivity contribution in [3.63, 3.8) is 0 Å². The smallest absolute Gasteiger partial charge is 0.344 e. The Labute approximate surface area is 155 Å². The number of amides is 1. The summed E-state index contributed by atoms with van der Waals surface area (Å²) >= 11 is 5.78. The van der Waals surface area contributed by atoms with Crippen LogP contribution in [0.5, 0.6) is 5.75 Å². The van der Waals surface area contributed by atoms with Gasteiger partial charge >= 0.3 is 5.97 Å². The van der Waals surface area contributed by atoms with E-state index in [-0.39, 0.29) is 22.3 Å². The zero-order chi connectivity index (χ0) is 19.5. The van der Waals surface area contributed by atoms with Crippen molar-refractivity contribution in [2.24, 2.45) is 0 Å². The molecule has 1 aromatic carbocycles. The lowest BCUT2D eigenvalue weighted by molar-refractivity contribution is -0.160. The Morgan fingerprint density at radius 3 is 2.69 bits per heavy atom. The predicted molar refractivity (Wildman–Crippen MR) is 92.3 cm³/mol. The summed E-state index contributed by atoms with van der Waals surface area (Å²) in [7, 11) is -1.65. The number of rotatable bonds is 6.